The number of hydrogen-bond donors (Lipinski definition) is 2. The van der Waals surface area contributed by atoms with Gasteiger partial charge in [-0.05, 0) is 75.2 Å². The summed E-state index contributed by atoms with van der Waals surface area (Å²) in [5.74, 6) is 0.250. The second-order valence-corrected chi connectivity index (χ2v) is 12.7. The molecule has 1 fully saturated rings. The highest BCUT2D eigenvalue weighted by atomic mass is 16.2. The van der Waals surface area contributed by atoms with Gasteiger partial charge in [0.15, 0.2) is 0 Å². The number of rotatable bonds is 7. The Morgan fingerprint density at radius 1 is 0.955 bits per heavy atom. The zero-order valence-electron chi connectivity index (χ0n) is 26.3. The van der Waals surface area contributed by atoms with Gasteiger partial charge in [0.25, 0.3) is 0 Å². The number of para-hydroxylation sites is 2. The molecule has 0 bridgehead atoms. The van der Waals surface area contributed by atoms with Gasteiger partial charge >= 0.3 is 6.03 Å². The van der Waals surface area contributed by atoms with Crippen LogP contribution in [0.15, 0.2) is 72.9 Å². The molecule has 3 aromatic carbocycles. The Hall–Kier alpha value is -4.30. The minimum atomic E-state index is -0.703. The summed E-state index contributed by atoms with van der Waals surface area (Å²) in [6.45, 7) is 8.48. The van der Waals surface area contributed by atoms with Gasteiger partial charge < -0.3 is 29.9 Å². The van der Waals surface area contributed by atoms with Gasteiger partial charge in [0, 0.05) is 74.2 Å². The van der Waals surface area contributed by atoms with Crippen LogP contribution >= 0.6 is 0 Å². The SMILES string of the molecule is Cc1ccc(N2CCN(C(=O)N[C@H](Cc3c[nH]c4ccccc34)C(=O)N3CC(CN(C)C)Cc4ccccc43)CC2)c(C)c1. The smallest absolute Gasteiger partial charge is 0.318 e. The number of H-pyrrole nitrogens is 1. The van der Waals surface area contributed by atoms with E-state index in [0.717, 1.165) is 48.2 Å². The Bertz CT molecular complexity index is 1640. The Morgan fingerprint density at radius 3 is 2.48 bits per heavy atom. The monoisotopic (exact) mass is 592 g/mol. The lowest BCUT2D eigenvalue weighted by molar-refractivity contribution is -0.120. The first-order chi connectivity index (χ1) is 21.3. The number of amides is 3. The van der Waals surface area contributed by atoms with Crippen LogP contribution < -0.4 is 15.1 Å². The van der Waals surface area contributed by atoms with Gasteiger partial charge in [-0.15, -0.1) is 0 Å². The molecule has 2 atom stereocenters. The molecule has 6 rings (SSSR count). The summed E-state index contributed by atoms with van der Waals surface area (Å²) in [4.78, 5) is 40.0. The minimum absolute atomic E-state index is 0.0616. The lowest BCUT2D eigenvalue weighted by atomic mass is 9.91. The largest absolute Gasteiger partial charge is 0.368 e. The number of anilines is 2. The zero-order valence-corrected chi connectivity index (χ0v) is 26.3. The van der Waals surface area contributed by atoms with Crippen LogP contribution in [0.25, 0.3) is 10.9 Å². The molecule has 3 heterocycles. The van der Waals surface area contributed by atoms with E-state index in [1.807, 2.05) is 52.4 Å². The quantitative estimate of drug-likeness (QED) is 0.317. The lowest BCUT2D eigenvalue weighted by Gasteiger charge is -2.39. The molecule has 2 N–H and O–H groups in total. The molecule has 0 saturated carbocycles. The zero-order chi connectivity index (χ0) is 30.8. The molecule has 44 heavy (non-hydrogen) atoms. The number of aromatic amines is 1. The highest BCUT2D eigenvalue weighted by Crippen LogP contribution is 2.31. The van der Waals surface area contributed by atoms with Gasteiger partial charge in [-0.1, -0.05) is 54.1 Å². The number of carbonyl (C=O) groups is 2. The number of carbonyl (C=O) groups excluding carboxylic acids is 2. The lowest BCUT2D eigenvalue weighted by Crippen LogP contribution is -2.58. The first-order valence-corrected chi connectivity index (χ1v) is 15.7. The van der Waals surface area contributed by atoms with E-state index in [1.165, 1.54) is 22.4 Å². The van der Waals surface area contributed by atoms with E-state index in [2.05, 4.69) is 78.4 Å². The molecule has 3 amide bonds. The minimum Gasteiger partial charge on any atom is -0.368 e. The topological polar surface area (TPSA) is 74.9 Å². The summed E-state index contributed by atoms with van der Waals surface area (Å²) in [6, 6.07) is 22.0. The average molecular weight is 593 g/mol. The fourth-order valence-corrected chi connectivity index (χ4v) is 6.99. The van der Waals surface area contributed by atoms with Crippen molar-refractivity contribution in [3.63, 3.8) is 0 Å². The fraction of sp³-hybridized carbons (Fsp3) is 0.389. The van der Waals surface area contributed by atoms with Crippen LogP contribution in [0.3, 0.4) is 0 Å². The number of nitrogens with one attached hydrogen (secondary N) is 2. The number of hydrogen-bond acceptors (Lipinski definition) is 4. The van der Waals surface area contributed by atoms with Crippen molar-refractivity contribution >= 4 is 34.2 Å². The molecule has 230 valence electrons. The molecule has 0 spiro atoms. The van der Waals surface area contributed by atoms with Crippen LogP contribution in [0.5, 0.6) is 0 Å². The van der Waals surface area contributed by atoms with Crippen molar-refractivity contribution in [3.8, 4) is 0 Å². The summed E-state index contributed by atoms with van der Waals surface area (Å²) >= 11 is 0. The van der Waals surface area contributed by atoms with E-state index in [9.17, 15) is 9.59 Å². The van der Waals surface area contributed by atoms with Gasteiger partial charge in [-0.25, -0.2) is 4.79 Å². The molecular weight excluding hydrogens is 548 g/mol. The molecule has 8 nitrogen and oxygen atoms in total. The van der Waals surface area contributed by atoms with Crippen LogP contribution in [-0.4, -0.2) is 86.1 Å². The van der Waals surface area contributed by atoms with Gasteiger partial charge in [0.1, 0.15) is 6.04 Å². The molecule has 1 saturated heterocycles. The number of piperazine rings is 1. The first-order valence-electron chi connectivity index (χ1n) is 15.7. The Balaban J connectivity index is 1.23. The second-order valence-electron chi connectivity index (χ2n) is 12.7. The molecule has 8 heteroatoms. The third kappa shape index (κ3) is 6.31. The summed E-state index contributed by atoms with van der Waals surface area (Å²) < 4.78 is 0. The van der Waals surface area contributed by atoms with Gasteiger partial charge in [-0.3, -0.25) is 4.79 Å². The van der Waals surface area contributed by atoms with E-state index in [0.29, 0.717) is 32.0 Å². The third-order valence-electron chi connectivity index (χ3n) is 9.08. The van der Waals surface area contributed by atoms with Crippen molar-refractivity contribution in [3.05, 3.63) is 95.2 Å². The Labute approximate surface area is 260 Å². The van der Waals surface area contributed by atoms with Crippen molar-refractivity contribution < 1.29 is 9.59 Å². The fourth-order valence-electron chi connectivity index (χ4n) is 6.99. The molecule has 1 unspecified atom stereocenters. The summed E-state index contributed by atoms with van der Waals surface area (Å²) in [5, 5.41) is 4.27. The van der Waals surface area contributed by atoms with Crippen LogP contribution in [-0.2, 0) is 17.6 Å². The third-order valence-corrected chi connectivity index (χ3v) is 9.08. The van der Waals surface area contributed by atoms with E-state index in [1.54, 1.807) is 0 Å². The summed E-state index contributed by atoms with van der Waals surface area (Å²) in [7, 11) is 4.15. The molecule has 0 radical (unpaired) electrons. The van der Waals surface area contributed by atoms with Gasteiger partial charge in [-0.2, -0.15) is 0 Å². The molecule has 1 aromatic heterocycles. The standard InChI is InChI=1S/C36H44N6O2/c1-25-13-14-33(26(2)19-25)40-15-17-41(18-16-40)36(44)38-32(21-29-22-37-31-11-7-6-10-30(29)31)35(43)42-24-27(23-39(3)4)20-28-9-5-8-12-34(28)42/h5-14,19,22,27,32,37H,15-18,20-21,23-24H2,1-4H3,(H,38,44)/t27?,32-/m1/s1. The van der Waals surface area contributed by atoms with E-state index < -0.39 is 6.04 Å². The predicted octanol–water partition coefficient (Wildman–Crippen LogP) is 4.99. The van der Waals surface area contributed by atoms with Crippen LogP contribution in [0.1, 0.15) is 22.3 Å². The maximum absolute atomic E-state index is 14.5. The van der Waals surface area contributed by atoms with Crippen LogP contribution in [0.2, 0.25) is 0 Å². The van der Waals surface area contributed by atoms with Crippen molar-refractivity contribution in [2.24, 2.45) is 5.92 Å². The number of aryl methyl sites for hydroxylation is 2. The van der Waals surface area contributed by atoms with Crippen molar-refractivity contribution in [1.82, 2.24) is 20.1 Å². The van der Waals surface area contributed by atoms with E-state index in [4.69, 9.17) is 0 Å². The molecular formula is C36H44N6O2. The number of nitrogens with zero attached hydrogens (tertiary/aromatic N) is 4. The van der Waals surface area contributed by atoms with E-state index in [-0.39, 0.29) is 11.9 Å². The van der Waals surface area contributed by atoms with E-state index >= 15 is 0 Å². The second kappa shape index (κ2) is 12.7. The van der Waals surface area contributed by atoms with Crippen molar-refractivity contribution in [2.45, 2.75) is 32.7 Å². The molecule has 4 aromatic rings. The van der Waals surface area contributed by atoms with Crippen molar-refractivity contribution in [1.29, 1.82) is 0 Å². The first kappa shape index (κ1) is 29.8. The maximum Gasteiger partial charge on any atom is 0.318 e. The van der Waals surface area contributed by atoms with Gasteiger partial charge in [0.05, 0.1) is 0 Å². The highest BCUT2D eigenvalue weighted by Gasteiger charge is 2.35. The van der Waals surface area contributed by atoms with Crippen LogP contribution in [0.4, 0.5) is 16.2 Å². The van der Waals surface area contributed by atoms with Crippen LogP contribution in [0, 0.1) is 19.8 Å². The van der Waals surface area contributed by atoms with Crippen molar-refractivity contribution in [2.75, 3.05) is 63.2 Å². The number of aromatic nitrogens is 1. The predicted molar refractivity (Wildman–Crippen MR) is 179 cm³/mol. The number of benzene rings is 3. The molecule has 0 aliphatic carbocycles. The summed E-state index contributed by atoms with van der Waals surface area (Å²) in [5.41, 5.74) is 7.90. The average Bonchev–Trinajstić information content (AvgIpc) is 3.42. The maximum atomic E-state index is 14.5. The molecule has 2 aliphatic heterocycles. The van der Waals surface area contributed by atoms with Gasteiger partial charge in [0.2, 0.25) is 5.91 Å². The molecule has 2 aliphatic rings. The number of urea groups is 1. The Morgan fingerprint density at radius 2 is 1.70 bits per heavy atom. The normalized spacial score (nSPS) is 17.6. The summed E-state index contributed by atoms with van der Waals surface area (Å²) in [6.07, 6.45) is 3.31. The number of fused-ring (bicyclic) bond motifs is 2. The Kier molecular flexibility index (Phi) is 8.62. The highest BCUT2D eigenvalue weighted by molar-refractivity contribution is 6.00.